The summed E-state index contributed by atoms with van der Waals surface area (Å²) in [6.45, 7) is 8.97. The van der Waals surface area contributed by atoms with Crippen LogP contribution in [0.25, 0.3) is 0 Å². The fraction of sp³-hybridized carbons (Fsp3) is 0.375. The maximum Gasteiger partial charge on any atom is 0.119 e. The Morgan fingerprint density at radius 3 is 2.50 bits per heavy atom. The van der Waals surface area contributed by atoms with Gasteiger partial charge in [0.15, 0.2) is 0 Å². The monoisotopic (exact) mass is 258 g/mol. The van der Waals surface area contributed by atoms with Crippen LogP contribution in [0.5, 0.6) is 5.75 Å². The molecule has 18 heavy (non-hydrogen) atoms. The van der Waals surface area contributed by atoms with Gasteiger partial charge in [0.25, 0.3) is 0 Å². The molecule has 0 saturated heterocycles. The van der Waals surface area contributed by atoms with Crippen molar-refractivity contribution < 1.29 is 4.74 Å². The highest BCUT2D eigenvalue weighted by molar-refractivity contribution is 6.96. The minimum absolute atomic E-state index is 0.226. The Labute approximate surface area is 111 Å². The van der Waals surface area contributed by atoms with Crippen LogP contribution >= 0.6 is 0 Å². The molecule has 0 unspecified atom stereocenters. The molecular weight excluding hydrogens is 236 g/mol. The van der Waals surface area contributed by atoms with Gasteiger partial charge >= 0.3 is 0 Å². The van der Waals surface area contributed by atoms with Crippen LogP contribution in [0.2, 0.25) is 13.1 Å². The minimum atomic E-state index is -1.61. The summed E-state index contributed by atoms with van der Waals surface area (Å²) >= 11 is 0. The van der Waals surface area contributed by atoms with Crippen molar-refractivity contribution in [1.29, 1.82) is 0 Å². The first-order chi connectivity index (χ1) is 8.51. The molecule has 0 fully saturated rings. The molecule has 0 atom stereocenters. The zero-order chi connectivity index (χ0) is 13.2. The minimum Gasteiger partial charge on any atom is -0.491 e. The molecule has 0 aromatic heterocycles. The predicted molar refractivity (Wildman–Crippen MR) is 81.2 cm³/mol. The molecule has 1 aliphatic rings. The lowest BCUT2D eigenvalue weighted by Gasteiger charge is -2.27. The number of allylic oxidation sites excluding steroid dienone is 4. The molecule has 0 radical (unpaired) electrons. The molecule has 1 nitrogen and oxygen atoms in total. The summed E-state index contributed by atoms with van der Waals surface area (Å²) in [5.41, 5.74) is 0. The van der Waals surface area contributed by atoms with Gasteiger partial charge < -0.3 is 4.74 Å². The van der Waals surface area contributed by atoms with E-state index in [-0.39, 0.29) is 6.10 Å². The molecule has 1 aliphatic carbocycles. The second-order valence-corrected chi connectivity index (χ2v) is 9.95. The van der Waals surface area contributed by atoms with E-state index in [1.165, 1.54) is 10.4 Å². The van der Waals surface area contributed by atoms with Crippen molar-refractivity contribution in [2.45, 2.75) is 39.5 Å². The van der Waals surface area contributed by atoms with E-state index in [0.29, 0.717) is 0 Å². The number of rotatable bonds is 4. The molecule has 0 aliphatic heterocycles. The van der Waals surface area contributed by atoms with E-state index in [1.807, 2.05) is 0 Å². The molecule has 0 saturated carbocycles. The standard InChI is InChI=1S/C16H22OSi/c1-13(2)17-15-11-7-8-12-16(15)18(3,4)14-9-5-6-10-14/h5,7-13H,6H2,1-4H3. The Kier molecular flexibility index (Phi) is 3.76. The molecule has 0 amide bonds. The van der Waals surface area contributed by atoms with Crippen molar-refractivity contribution in [2.75, 3.05) is 0 Å². The second kappa shape index (κ2) is 5.15. The third kappa shape index (κ3) is 2.59. The third-order valence-electron chi connectivity index (χ3n) is 3.42. The summed E-state index contributed by atoms with van der Waals surface area (Å²) in [6.07, 6.45) is 8.20. The topological polar surface area (TPSA) is 9.23 Å². The molecule has 1 aromatic carbocycles. The molecule has 96 valence electrons. The van der Waals surface area contributed by atoms with Gasteiger partial charge in [-0.25, -0.2) is 0 Å². The highest BCUT2D eigenvalue weighted by Crippen LogP contribution is 2.25. The van der Waals surface area contributed by atoms with Gasteiger partial charge in [-0.2, -0.15) is 0 Å². The predicted octanol–water partition coefficient (Wildman–Crippen LogP) is 3.81. The van der Waals surface area contributed by atoms with Gasteiger partial charge in [0.1, 0.15) is 13.8 Å². The van der Waals surface area contributed by atoms with E-state index in [2.05, 4.69) is 69.4 Å². The summed E-state index contributed by atoms with van der Waals surface area (Å²) in [7, 11) is -1.61. The Balaban J connectivity index is 2.40. The lowest BCUT2D eigenvalue weighted by atomic mass is 10.3. The summed E-state index contributed by atoms with van der Waals surface area (Å²) in [5, 5.41) is 2.92. The molecular formula is C16H22OSi. The van der Waals surface area contributed by atoms with E-state index in [9.17, 15) is 0 Å². The van der Waals surface area contributed by atoms with E-state index in [1.54, 1.807) is 0 Å². The SMILES string of the molecule is CC(C)Oc1ccccc1[Si](C)(C)C1=CCC=C1. The van der Waals surface area contributed by atoms with Crippen molar-refractivity contribution in [3.63, 3.8) is 0 Å². The van der Waals surface area contributed by atoms with Gasteiger partial charge in [0.05, 0.1) is 6.10 Å². The zero-order valence-electron chi connectivity index (χ0n) is 11.7. The van der Waals surface area contributed by atoms with Crippen molar-refractivity contribution in [1.82, 2.24) is 0 Å². The van der Waals surface area contributed by atoms with Crippen LogP contribution < -0.4 is 9.92 Å². The maximum atomic E-state index is 5.97. The first-order valence-electron chi connectivity index (χ1n) is 6.65. The largest absolute Gasteiger partial charge is 0.491 e. The van der Waals surface area contributed by atoms with Crippen LogP contribution in [-0.2, 0) is 0 Å². The molecule has 2 heteroatoms. The highest BCUT2D eigenvalue weighted by atomic mass is 28.3. The van der Waals surface area contributed by atoms with Gasteiger partial charge in [0, 0.05) is 0 Å². The van der Waals surface area contributed by atoms with Crippen LogP contribution in [0.3, 0.4) is 0 Å². The Bertz CT molecular complexity index is 484. The van der Waals surface area contributed by atoms with Crippen LogP contribution in [0.15, 0.2) is 47.7 Å². The average molecular weight is 258 g/mol. The fourth-order valence-corrected chi connectivity index (χ4v) is 5.16. The van der Waals surface area contributed by atoms with Gasteiger partial charge in [0.2, 0.25) is 0 Å². The van der Waals surface area contributed by atoms with E-state index >= 15 is 0 Å². The van der Waals surface area contributed by atoms with Crippen LogP contribution in [-0.4, -0.2) is 14.2 Å². The quantitative estimate of drug-likeness (QED) is 0.746. The summed E-state index contributed by atoms with van der Waals surface area (Å²) in [4.78, 5) is 0. The molecule has 1 aromatic rings. The number of para-hydroxylation sites is 1. The van der Waals surface area contributed by atoms with Crippen molar-refractivity contribution in [2.24, 2.45) is 0 Å². The van der Waals surface area contributed by atoms with Gasteiger partial charge in [-0.3, -0.25) is 0 Å². The van der Waals surface area contributed by atoms with Crippen LogP contribution in [0, 0.1) is 0 Å². The fourth-order valence-electron chi connectivity index (χ4n) is 2.42. The van der Waals surface area contributed by atoms with Crippen molar-refractivity contribution in [3.8, 4) is 5.75 Å². The third-order valence-corrected chi connectivity index (χ3v) is 6.99. The summed E-state index contributed by atoms with van der Waals surface area (Å²) in [5.74, 6) is 1.06. The Morgan fingerprint density at radius 1 is 1.17 bits per heavy atom. The lowest BCUT2D eigenvalue weighted by Crippen LogP contribution is -2.44. The van der Waals surface area contributed by atoms with Crippen molar-refractivity contribution in [3.05, 3.63) is 47.7 Å². The zero-order valence-corrected chi connectivity index (χ0v) is 12.7. The molecule has 0 N–H and O–H groups in total. The molecule has 0 spiro atoms. The van der Waals surface area contributed by atoms with E-state index < -0.39 is 8.07 Å². The lowest BCUT2D eigenvalue weighted by molar-refractivity contribution is 0.244. The van der Waals surface area contributed by atoms with Crippen LogP contribution in [0.4, 0.5) is 0 Å². The van der Waals surface area contributed by atoms with Crippen molar-refractivity contribution >= 4 is 13.3 Å². The molecule has 0 heterocycles. The van der Waals surface area contributed by atoms with E-state index in [4.69, 9.17) is 4.74 Å². The van der Waals surface area contributed by atoms with E-state index in [0.717, 1.165) is 12.2 Å². The highest BCUT2D eigenvalue weighted by Gasteiger charge is 2.30. The summed E-state index contributed by atoms with van der Waals surface area (Å²) < 4.78 is 5.97. The second-order valence-electron chi connectivity index (χ2n) is 5.59. The van der Waals surface area contributed by atoms with Crippen LogP contribution in [0.1, 0.15) is 20.3 Å². The van der Waals surface area contributed by atoms with Gasteiger partial charge in [-0.15, -0.1) is 0 Å². The first-order valence-corrected chi connectivity index (χ1v) is 9.65. The van der Waals surface area contributed by atoms with Gasteiger partial charge in [-0.05, 0) is 31.5 Å². The maximum absolute atomic E-state index is 5.97. The Morgan fingerprint density at radius 2 is 1.89 bits per heavy atom. The summed E-state index contributed by atoms with van der Waals surface area (Å²) in [6, 6.07) is 8.52. The number of hydrogen-bond acceptors (Lipinski definition) is 1. The average Bonchev–Trinajstić information content (AvgIpc) is 2.82. The number of hydrogen-bond donors (Lipinski definition) is 0. The molecule has 2 rings (SSSR count). The number of ether oxygens (including phenoxy) is 1. The van der Waals surface area contributed by atoms with Gasteiger partial charge in [-0.1, -0.05) is 54.7 Å². The first kappa shape index (κ1) is 13.2. The Hall–Kier alpha value is -1.28. The molecule has 0 bridgehead atoms. The number of benzene rings is 1. The normalized spacial score (nSPS) is 15.1. The smallest absolute Gasteiger partial charge is 0.119 e.